The average Bonchev–Trinajstić information content (AvgIpc) is 2.44. The largest absolute Gasteiger partial charge is 0.508 e. The summed E-state index contributed by atoms with van der Waals surface area (Å²) in [5, 5.41) is 14.7. The van der Waals surface area contributed by atoms with Gasteiger partial charge >= 0.3 is 0 Å². The maximum absolute atomic E-state index is 12.8. The molecule has 21 heavy (non-hydrogen) atoms. The van der Waals surface area contributed by atoms with Gasteiger partial charge in [-0.2, -0.15) is 0 Å². The van der Waals surface area contributed by atoms with E-state index in [4.69, 9.17) is 17.3 Å². The Morgan fingerprint density at radius 2 is 1.71 bits per heavy atom. The quantitative estimate of drug-likeness (QED) is 0.602. The number of rotatable bonds is 3. The summed E-state index contributed by atoms with van der Waals surface area (Å²) < 4.78 is 12.8. The highest BCUT2D eigenvalue weighted by Crippen LogP contribution is 2.13. The lowest BCUT2D eigenvalue weighted by molar-refractivity contribution is -0.119. The first-order chi connectivity index (χ1) is 10.0. The van der Waals surface area contributed by atoms with Gasteiger partial charge in [0, 0.05) is 5.69 Å². The van der Waals surface area contributed by atoms with Crippen LogP contribution >= 0.6 is 12.2 Å². The lowest BCUT2D eigenvalue weighted by Gasteiger charge is -2.09. The van der Waals surface area contributed by atoms with Gasteiger partial charge in [-0.15, -0.1) is 0 Å². The summed E-state index contributed by atoms with van der Waals surface area (Å²) in [7, 11) is 0. The highest BCUT2D eigenvalue weighted by Gasteiger charge is 2.06. The van der Waals surface area contributed by atoms with E-state index in [9.17, 15) is 9.18 Å². The van der Waals surface area contributed by atoms with Crippen molar-refractivity contribution in [2.24, 2.45) is 0 Å². The second-order valence-electron chi connectivity index (χ2n) is 4.35. The van der Waals surface area contributed by atoms with Crippen molar-refractivity contribution in [1.82, 2.24) is 5.32 Å². The zero-order chi connectivity index (χ0) is 15.2. The van der Waals surface area contributed by atoms with E-state index in [2.05, 4.69) is 10.6 Å². The number of hydrogen-bond acceptors (Lipinski definition) is 3. The van der Waals surface area contributed by atoms with Crippen molar-refractivity contribution in [3.8, 4) is 5.75 Å². The zero-order valence-corrected chi connectivity index (χ0v) is 11.8. The van der Waals surface area contributed by atoms with Gasteiger partial charge in [-0.3, -0.25) is 4.79 Å². The number of hydrogen-bond donors (Lipinski definition) is 3. The fourth-order valence-corrected chi connectivity index (χ4v) is 1.90. The lowest BCUT2D eigenvalue weighted by atomic mass is 10.1. The van der Waals surface area contributed by atoms with Crippen LogP contribution in [0.3, 0.4) is 0 Å². The predicted molar refractivity (Wildman–Crippen MR) is 82.6 cm³/mol. The summed E-state index contributed by atoms with van der Waals surface area (Å²) in [5.74, 6) is -0.492. The summed E-state index contributed by atoms with van der Waals surface area (Å²) in [6, 6.07) is 12.0. The van der Waals surface area contributed by atoms with Crippen LogP contribution in [0, 0.1) is 5.82 Å². The summed E-state index contributed by atoms with van der Waals surface area (Å²) in [4.78, 5) is 11.8. The number of aromatic hydroxyl groups is 1. The van der Waals surface area contributed by atoms with Gasteiger partial charge < -0.3 is 15.7 Å². The Labute approximate surface area is 126 Å². The molecule has 0 aliphatic rings. The molecule has 0 spiro atoms. The molecule has 6 heteroatoms. The summed E-state index contributed by atoms with van der Waals surface area (Å²) >= 11 is 5.02. The van der Waals surface area contributed by atoms with Crippen LogP contribution in [0.15, 0.2) is 48.5 Å². The standard InChI is InChI=1S/C15H13FN2O2S/c16-11-3-1-10(2-4-11)9-14(20)18-15(21)17-12-5-7-13(19)8-6-12/h1-8,19H,9H2,(H2,17,18,20,21). The van der Waals surface area contributed by atoms with E-state index >= 15 is 0 Å². The van der Waals surface area contributed by atoms with Crippen molar-refractivity contribution in [2.75, 3.05) is 5.32 Å². The molecule has 0 atom stereocenters. The van der Waals surface area contributed by atoms with Crippen LogP contribution in [-0.4, -0.2) is 16.1 Å². The summed E-state index contributed by atoms with van der Waals surface area (Å²) in [5.41, 5.74) is 1.35. The molecule has 0 bridgehead atoms. The minimum Gasteiger partial charge on any atom is -0.508 e. The van der Waals surface area contributed by atoms with Crippen LogP contribution < -0.4 is 10.6 Å². The molecule has 0 saturated heterocycles. The molecule has 1 amide bonds. The molecule has 108 valence electrons. The first-order valence-electron chi connectivity index (χ1n) is 6.17. The second-order valence-corrected chi connectivity index (χ2v) is 4.76. The molecule has 2 rings (SSSR count). The van der Waals surface area contributed by atoms with Crippen LogP contribution in [0.4, 0.5) is 10.1 Å². The molecule has 0 radical (unpaired) electrons. The van der Waals surface area contributed by atoms with Crippen LogP contribution in [0.5, 0.6) is 5.75 Å². The smallest absolute Gasteiger partial charge is 0.230 e. The maximum Gasteiger partial charge on any atom is 0.230 e. The zero-order valence-electron chi connectivity index (χ0n) is 11.0. The van der Waals surface area contributed by atoms with Gasteiger partial charge in [0.25, 0.3) is 0 Å². The SMILES string of the molecule is O=C(Cc1ccc(F)cc1)NC(=S)Nc1ccc(O)cc1. The minimum absolute atomic E-state index is 0.109. The fraction of sp³-hybridized carbons (Fsp3) is 0.0667. The molecule has 0 unspecified atom stereocenters. The Kier molecular flexibility index (Phi) is 4.84. The third kappa shape index (κ3) is 4.85. The number of anilines is 1. The molecule has 4 nitrogen and oxygen atoms in total. The van der Waals surface area contributed by atoms with Crippen LogP contribution in [0.2, 0.25) is 0 Å². The van der Waals surface area contributed by atoms with E-state index in [-0.39, 0.29) is 29.0 Å². The van der Waals surface area contributed by atoms with Crippen molar-refractivity contribution in [2.45, 2.75) is 6.42 Å². The molecule has 0 saturated carbocycles. The molecule has 0 aliphatic heterocycles. The number of carbonyl (C=O) groups excluding carboxylic acids is 1. The van der Waals surface area contributed by atoms with Gasteiger partial charge in [-0.05, 0) is 54.2 Å². The molecule has 0 heterocycles. The van der Waals surface area contributed by atoms with Crippen molar-refractivity contribution in [1.29, 1.82) is 0 Å². The second kappa shape index (κ2) is 6.81. The monoisotopic (exact) mass is 304 g/mol. The van der Waals surface area contributed by atoms with Gasteiger partial charge in [0.15, 0.2) is 5.11 Å². The summed E-state index contributed by atoms with van der Waals surface area (Å²) in [6.07, 6.45) is 0.109. The van der Waals surface area contributed by atoms with E-state index in [1.807, 2.05) is 0 Å². The van der Waals surface area contributed by atoms with E-state index < -0.39 is 0 Å². The van der Waals surface area contributed by atoms with Gasteiger partial charge in [-0.1, -0.05) is 12.1 Å². The fourth-order valence-electron chi connectivity index (χ4n) is 1.67. The Bertz CT molecular complexity index is 584. The van der Waals surface area contributed by atoms with Crippen LogP contribution in [-0.2, 0) is 11.2 Å². The number of phenolic OH excluding ortho intramolecular Hbond substituents is 1. The molecule has 0 aromatic heterocycles. The highest BCUT2D eigenvalue weighted by molar-refractivity contribution is 7.80. The van der Waals surface area contributed by atoms with Gasteiger partial charge in [-0.25, -0.2) is 4.39 Å². The molecule has 3 N–H and O–H groups in total. The Morgan fingerprint density at radius 3 is 2.33 bits per heavy atom. The van der Waals surface area contributed by atoms with Crippen molar-refractivity contribution < 1.29 is 14.3 Å². The van der Waals surface area contributed by atoms with Crippen molar-refractivity contribution in [3.63, 3.8) is 0 Å². The number of benzene rings is 2. The first kappa shape index (κ1) is 14.9. The van der Waals surface area contributed by atoms with Gasteiger partial charge in [0.2, 0.25) is 5.91 Å². The molecule has 2 aromatic rings. The van der Waals surface area contributed by atoms with Gasteiger partial charge in [0.1, 0.15) is 11.6 Å². The predicted octanol–water partition coefficient (Wildman–Crippen LogP) is 2.59. The number of nitrogens with one attached hydrogen (secondary N) is 2. The Hall–Kier alpha value is -2.47. The third-order valence-corrected chi connectivity index (χ3v) is 2.86. The molecule has 0 fully saturated rings. The molecular formula is C15H13FN2O2S. The number of halogens is 1. The van der Waals surface area contributed by atoms with E-state index in [1.54, 1.807) is 24.3 Å². The molecule has 0 aliphatic carbocycles. The first-order valence-corrected chi connectivity index (χ1v) is 6.58. The van der Waals surface area contributed by atoms with E-state index in [0.29, 0.717) is 11.3 Å². The van der Waals surface area contributed by atoms with Crippen molar-refractivity contribution in [3.05, 3.63) is 59.9 Å². The number of carbonyl (C=O) groups is 1. The molecular weight excluding hydrogens is 291 g/mol. The topological polar surface area (TPSA) is 61.4 Å². The highest BCUT2D eigenvalue weighted by atomic mass is 32.1. The Balaban J connectivity index is 1.85. The van der Waals surface area contributed by atoms with Crippen LogP contribution in [0.25, 0.3) is 0 Å². The normalized spacial score (nSPS) is 9.95. The van der Waals surface area contributed by atoms with Crippen molar-refractivity contribution >= 4 is 28.9 Å². The minimum atomic E-state index is -0.344. The number of thiocarbonyl (C=S) groups is 1. The number of phenols is 1. The lowest BCUT2D eigenvalue weighted by Crippen LogP contribution is -2.35. The summed E-state index contributed by atoms with van der Waals surface area (Å²) in [6.45, 7) is 0. The molecule has 2 aromatic carbocycles. The maximum atomic E-state index is 12.8. The third-order valence-electron chi connectivity index (χ3n) is 2.66. The van der Waals surface area contributed by atoms with E-state index in [0.717, 1.165) is 0 Å². The van der Waals surface area contributed by atoms with Crippen LogP contribution in [0.1, 0.15) is 5.56 Å². The Morgan fingerprint density at radius 1 is 1.10 bits per heavy atom. The van der Waals surface area contributed by atoms with Gasteiger partial charge in [0.05, 0.1) is 6.42 Å². The number of amides is 1. The average molecular weight is 304 g/mol. The van der Waals surface area contributed by atoms with E-state index in [1.165, 1.54) is 24.3 Å².